The summed E-state index contributed by atoms with van der Waals surface area (Å²) in [4.78, 5) is 7.04. The minimum absolute atomic E-state index is 0.309. The van der Waals surface area contributed by atoms with Gasteiger partial charge in [-0.05, 0) is 70.4 Å². The van der Waals surface area contributed by atoms with Crippen LogP contribution in [0.1, 0.15) is 57.0 Å². The lowest BCUT2D eigenvalue weighted by atomic mass is 9.92. The first-order chi connectivity index (χ1) is 13.3. The number of unbranched alkanes of at least 4 members (excludes halogenated alkanes) is 1. The summed E-state index contributed by atoms with van der Waals surface area (Å²) < 4.78 is 1.97. The highest BCUT2D eigenvalue weighted by atomic mass is 15.3. The Labute approximate surface area is 172 Å². The van der Waals surface area contributed by atoms with Gasteiger partial charge in [0.25, 0.3) is 0 Å². The Hall–Kier alpha value is -1.56. The van der Waals surface area contributed by atoms with E-state index in [0.717, 1.165) is 36.5 Å². The Kier molecular flexibility index (Phi) is 8.80. The molecule has 1 fully saturated rings. The predicted octanol–water partition coefficient (Wildman–Crippen LogP) is 2.89. The highest BCUT2D eigenvalue weighted by Gasteiger charge is 2.21. The summed E-state index contributed by atoms with van der Waals surface area (Å²) in [7, 11) is 3.86. The third kappa shape index (κ3) is 6.80. The molecule has 0 amide bonds. The fourth-order valence-electron chi connectivity index (χ4n) is 4.54. The first-order valence-electron chi connectivity index (χ1n) is 11.0. The molecule has 3 unspecified atom stereocenters. The van der Waals surface area contributed by atoms with Crippen LogP contribution in [0.15, 0.2) is 4.99 Å². The smallest absolute Gasteiger partial charge is 0.191 e. The summed E-state index contributed by atoms with van der Waals surface area (Å²) in [6.45, 7) is 15.9. The molecule has 160 valence electrons. The minimum Gasteiger partial charge on any atom is -0.356 e. The van der Waals surface area contributed by atoms with Crippen LogP contribution in [0.5, 0.6) is 0 Å². The van der Waals surface area contributed by atoms with Gasteiger partial charge in [0, 0.05) is 45.5 Å². The monoisotopic (exact) mass is 390 g/mol. The van der Waals surface area contributed by atoms with E-state index in [1.807, 2.05) is 18.8 Å². The molecular weight excluding hydrogens is 348 g/mol. The van der Waals surface area contributed by atoms with Gasteiger partial charge in [-0.15, -0.1) is 0 Å². The Morgan fingerprint density at radius 2 is 1.89 bits per heavy atom. The first kappa shape index (κ1) is 22.7. The van der Waals surface area contributed by atoms with Crippen LogP contribution in [0.25, 0.3) is 0 Å². The standard InChI is InChI=1S/C22H42N6/c1-16-12-17(2)15-28(14-16)11-9-8-10-24-22(23-6)25-18(3)13-21-19(4)26-27(7)20(21)5/h16-18H,8-15H2,1-7H3,(H2,23,24,25). The molecular formula is C22H42N6. The van der Waals surface area contributed by atoms with Crippen LogP contribution in [-0.4, -0.2) is 59.9 Å². The summed E-state index contributed by atoms with van der Waals surface area (Å²) >= 11 is 0. The third-order valence-electron chi connectivity index (χ3n) is 5.91. The Balaban J connectivity index is 1.67. The lowest BCUT2D eigenvalue weighted by Crippen LogP contribution is -2.43. The number of hydrogen-bond donors (Lipinski definition) is 2. The topological polar surface area (TPSA) is 57.5 Å². The van der Waals surface area contributed by atoms with Crippen molar-refractivity contribution in [2.24, 2.45) is 23.9 Å². The minimum atomic E-state index is 0.309. The molecule has 6 nitrogen and oxygen atoms in total. The van der Waals surface area contributed by atoms with Gasteiger partial charge in [-0.25, -0.2) is 0 Å². The molecule has 2 rings (SSSR count). The van der Waals surface area contributed by atoms with Gasteiger partial charge in [0.1, 0.15) is 0 Å². The molecule has 2 heterocycles. The van der Waals surface area contributed by atoms with Crippen molar-refractivity contribution >= 4 is 5.96 Å². The molecule has 0 aliphatic carbocycles. The molecule has 1 aromatic heterocycles. The average Bonchev–Trinajstić information content (AvgIpc) is 2.85. The Bertz CT molecular complexity index is 625. The maximum Gasteiger partial charge on any atom is 0.191 e. The van der Waals surface area contributed by atoms with Crippen LogP contribution in [0.3, 0.4) is 0 Å². The summed E-state index contributed by atoms with van der Waals surface area (Å²) in [5.41, 5.74) is 3.70. The molecule has 1 aliphatic rings. The molecule has 28 heavy (non-hydrogen) atoms. The SMILES string of the molecule is CN=C(NCCCCN1CC(C)CC(C)C1)NC(C)Cc1c(C)nn(C)c1C. The zero-order valence-electron chi connectivity index (χ0n) is 19.2. The summed E-state index contributed by atoms with van der Waals surface area (Å²) in [5.74, 6) is 2.59. The Morgan fingerprint density at radius 3 is 2.46 bits per heavy atom. The van der Waals surface area contributed by atoms with Crippen LogP contribution < -0.4 is 10.6 Å². The molecule has 1 aliphatic heterocycles. The van der Waals surface area contributed by atoms with Gasteiger partial charge in [0.15, 0.2) is 5.96 Å². The quantitative estimate of drug-likeness (QED) is 0.407. The lowest BCUT2D eigenvalue weighted by molar-refractivity contribution is 0.139. The number of hydrogen-bond acceptors (Lipinski definition) is 3. The fourth-order valence-corrected chi connectivity index (χ4v) is 4.54. The number of aromatic nitrogens is 2. The highest BCUT2D eigenvalue weighted by Crippen LogP contribution is 2.21. The molecule has 0 radical (unpaired) electrons. The van der Waals surface area contributed by atoms with Crippen LogP contribution in [0, 0.1) is 25.7 Å². The lowest BCUT2D eigenvalue weighted by Gasteiger charge is -2.34. The summed E-state index contributed by atoms with van der Waals surface area (Å²) in [6, 6.07) is 0.309. The van der Waals surface area contributed by atoms with Crippen molar-refractivity contribution < 1.29 is 0 Å². The van der Waals surface area contributed by atoms with Gasteiger partial charge in [0.05, 0.1) is 5.69 Å². The number of aryl methyl sites for hydroxylation is 2. The van der Waals surface area contributed by atoms with Crippen molar-refractivity contribution in [1.82, 2.24) is 25.3 Å². The molecule has 0 aromatic carbocycles. The van der Waals surface area contributed by atoms with E-state index in [1.165, 1.54) is 50.2 Å². The maximum atomic E-state index is 4.52. The zero-order valence-corrected chi connectivity index (χ0v) is 19.2. The number of guanidine groups is 1. The van der Waals surface area contributed by atoms with Crippen molar-refractivity contribution in [3.63, 3.8) is 0 Å². The summed E-state index contributed by atoms with van der Waals surface area (Å²) in [5, 5.41) is 11.5. The zero-order chi connectivity index (χ0) is 20.7. The van der Waals surface area contributed by atoms with E-state index in [-0.39, 0.29) is 0 Å². The number of nitrogens with zero attached hydrogens (tertiary/aromatic N) is 4. The van der Waals surface area contributed by atoms with E-state index in [0.29, 0.717) is 6.04 Å². The average molecular weight is 391 g/mol. The molecule has 0 bridgehead atoms. The second kappa shape index (κ2) is 10.8. The van der Waals surface area contributed by atoms with Crippen LogP contribution in [-0.2, 0) is 13.5 Å². The van der Waals surface area contributed by atoms with Crippen molar-refractivity contribution in [1.29, 1.82) is 0 Å². The van der Waals surface area contributed by atoms with E-state index >= 15 is 0 Å². The molecule has 2 N–H and O–H groups in total. The maximum absolute atomic E-state index is 4.52. The molecule has 1 saturated heterocycles. The molecule has 6 heteroatoms. The van der Waals surface area contributed by atoms with Crippen LogP contribution in [0.4, 0.5) is 0 Å². The van der Waals surface area contributed by atoms with E-state index in [9.17, 15) is 0 Å². The van der Waals surface area contributed by atoms with Gasteiger partial charge in [0.2, 0.25) is 0 Å². The van der Waals surface area contributed by atoms with Crippen molar-refractivity contribution in [3.05, 3.63) is 17.0 Å². The highest BCUT2D eigenvalue weighted by molar-refractivity contribution is 5.79. The molecule has 0 spiro atoms. The predicted molar refractivity (Wildman–Crippen MR) is 119 cm³/mol. The van der Waals surface area contributed by atoms with Crippen molar-refractivity contribution in [2.75, 3.05) is 33.2 Å². The third-order valence-corrected chi connectivity index (χ3v) is 5.91. The number of likely N-dealkylation sites (tertiary alicyclic amines) is 1. The van der Waals surface area contributed by atoms with Crippen LogP contribution in [0.2, 0.25) is 0 Å². The molecule has 0 saturated carbocycles. The number of nitrogens with one attached hydrogen (secondary N) is 2. The van der Waals surface area contributed by atoms with Gasteiger partial charge < -0.3 is 15.5 Å². The second-order valence-corrected chi connectivity index (χ2v) is 8.93. The van der Waals surface area contributed by atoms with E-state index in [1.54, 1.807) is 0 Å². The van der Waals surface area contributed by atoms with Gasteiger partial charge in [-0.3, -0.25) is 9.67 Å². The van der Waals surface area contributed by atoms with E-state index < -0.39 is 0 Å². The molecule has 3 atom stereocenters. The van der Waals surface area contributed by atoms with E-state index in [2.05, 4.69) is 60.2 Å². The second-order valence-electron chi connectivity index (χ2n) is 8.93. The fraction of sp³-hybridized carbons (Fsp3) is 0.818. The van der Waals surface area contributed by atoms with Crippen molar-refractivity contribution in [2.45, 2.75) is 66.3 Å². The first-order valence-corrected chi connectivity index (χ1v) is 11.0. The largest absolute Gasteiger partial charge is 0.356 e. The number of rotatable bonds is 8. The number of piperidine rings is 1. The Morgan fingerprint density at radius 1 is 1.21 bits per heavy atom. The van der Waals surface area contributed by atoms with Gasteiger partial charge >= 0.3 is 0 Å². The van der Waals surface area contributed by atoms with Crippen molar-refractivity contribution in [3.8, 4) is 0 Å². The van der Waals surface area contributed by atoms with E-state index in [4.69, 9.17) is 0 Å². The normalized spacial score (nSPS) is 22.3. The number of aliphatic imine (C=N–C) groups is 1. The van der Waals surface area contributed by atoms with Gasteiger partial charge in [-0.2, -0.15) is 5.10 Å². The molecule has 1 aromatic rings. The summed E-state index contributed by atoms with van der Waals surface area (Å²) in [6.07, 6.45) is 4.76. The van der Waals surface area contributed by atoms with Gasteiger partial charge in [-0.1, -0.05) is 13.8 Å². The van der Waals surface area contributed by atoms with Crippen LogP contribution >= 0.6 is 0 Å².